The van der Waals surface area contributed by atoms with E-state index in [0.29, 0.717) is 11.0 Å². The van der Waals surface area contributed by atoms with Crippen molar-refractivity contribution in [3.8, 4) is 0 Å². The molecule has 0 radical (unpaired) electrons. The molecule has 4 aromatic rings. The molecule has 2 aromatic carbocycles. The van der Waals surface area contributed by atoms with E-state index in [4.69, 9.17) is 0 Å². The Morgan fingerprint density at radius 1 is 0.593 bits per heavy atom. The molecule has 0 bridgehead atoms. The summed E-state index contributed by atoms with van der Waals surface area (Å²) in [6.45, 7) is 0. The van der Waals surface area contributed by atoms with Crippen molar-refractivity contribution in [1.82, 2.24) is 9.97 Å². The van der Waals surface area contributed by atoms with Crippen molar-refractivity contribution >= 4 is 71.5 Å². The van der Waals surface area contributed by atoms with E-state index in [2.05, 4.69) is 9.97 Å². The summed E-state index contributed by atoms with van der Waals surface area (Å²) >= 11 is 0. The molecule has 0 fully saturated rings. The molecule has 0 saturated heterocycles. The zero-order valence-corrected chi connectivity index (χ0v) is 16.4. The Morgan fingerprint density at radius 3 is 1.33 bits per heavy atom. The smallest absolute Gasteiger partial charge is 0.543 e. The van der Waals surface area contributed by atoms with Crippen LogP contribution in [0.4, 0.5) is 0 Å². The Bertz CT molecular complexity index is 1030. The zero-order chi connectivity index (χ0) is 18.5. The normalized spacial score (nSPS) is 9.78. The Labute approximate surface area is 184 Å². The molecule has 0 spiro atoms. The van der Waals surface area contributed by atoms with Crippen molar-refractivity contribution < 1.29 is 19.8 Å². The summed E-state index contributed by atoms with van der Waals surface area (Å²) in [7, 11) is 0. The molecule has 0 aliphatic carbocycles. The summed E-state index contributed by atoms with van der Waals surface area (Å²) in [4.78, 5) is 28.8. The van der Waals surface area contributed by atoms with E-state index in [9.17, 15) is 19.8 Å². The molecule has 0 unspecified atom stereocenters. The van der Waals surface area contributed by atoms with Gasteiger partial charge in [0.2, 0.25) is 0 Å². The second-order valence-corrected chi connectivity index (χ2v) is 5.35. The Morgan fingerprint density at radius 2 is 0.963 bits per heavy atom. The second-order valence-electron chi connectivity index (χ2n) is 5.35. The predicted octanol–water partition coefficient (Wildman–Crippen LogP) is 0.816. The molecule has 0 atom stereocenters. The molecule has 0 aliphatic heterocycles. The van der Waals surface area contributed by atoms with Crippen LogP contribution in [-0.2, 0) is 0 Å². The first-order valence-electron chi connectivity index (χ1n) is 7.69. The number of para-hydroxylation sites is 2. The van der Waals surface area contributed by atoms with Crippen LogP contribution >= 0.6 is 0 Å². The van der Waals surface area contributed by atoms with Gasteiger partial charge < -0.3 is 19.8 Å². The van der Waals surface area contributed by atoms with Gasteiger partial charge in [-0.05, 0) is 24.3 Å². The molecule has 2 heterocycles. The van der Waals surface area contributed by atoms with E-state index < -0.39 is 11.9 Å². The fraction of sp³-hybridized carbons (Fsp3) is 0. The van der Waals surface area contributed by atoms with Crippen LogP contribution in [0, 0.1) is 0 Å². The zero-order valence-electron chi connectivity index (χ0n) is 14.2. The van der Waals surface area contributed by atoms with E-state index >= 15 is 0 Å². The molecule has 0 aliphatic rings. The van der Waals surface area contributed by atoms with Gasteiger partial charge in [0.1, 0.15) is 0 Å². The maximum absolute atomic E-state index is 10.5. The number of benzene rings is 2. The van der Waals surface area contributed by atoms with Crippen molar-refractivity contribution in [2.45, 2.75) is 0 Å². The molecule has 4 rings (SSSR count). The van der Waals surface area contributed by atoms with Gasteiger partial charge in [-0.15, -0.1) is 0 Å². The van der Waals surface area contributed by atoms with Gasteiger partial charge in [0, 0.05) is 10.8 Å². The van der Waals surface area contributed by atoms with Gasteiger partial charge in [-0.3, -0.25) is 0 Å². The maximum Gasteiger partial charge on any atom is 2.00 e. The van der Waals surface area contributed by atoms with Crippen molar-refractivity contribution in [3.63, 3.8) is 0 Å². The van der Waals surface area contributed by atoms with Crippen LogP contribution in [0.5, 0.6) is 0 Å². The number of carboxylic acids is 2. The maximum atomic E-state index is 10.5. The van der Waals surface area contributed by atoms with Crippen molar-refractivity contribution in [2.24, 2.45) is 0 Å². The van der Waals surface area contributed by atoms with E-state index in [1.165, 1.54) is 12.1 Å². The number of aromatic nitrogens is 2. The average molecular weight is 384 g/mol. The van der Waals surface area contributed by atoms with E-state index in [-0.39, 0.29) is 49.1 Å². The summed E-state index contributed by atoms with van der Waals surface area (Å²) in [5, 5.41) is 22.8. The van der Waals surface area contributed by atoms with E-state index in [1.54, 1.807) is 24.3 Å². The quantitative estimate of drug-likeness (QED) is 0.474. The number of carboxylic acid groups (broad SMARTS) is 2. The van der Waals surface area contributed by atoms with Crippen LogP contribution in [-0.4, -0.2) is 59.6 Å². The van der Waals surface area contributed by atoms with Crippen molar-refractivity contribution in [1.29, 1.82) is 0 Å². The number of aromatic carboxylic acids is 2. The molecule has 128 valence electrons. The van der Waals surface area contributed by atoms with Crippen LogP contribution in [0.1, 0.15) is 21.0 Å². The Hall–Kier alpha value is -2.54. The van der Waals surface area contributed by atoms with Crippen LogP contribution in [0.2, 0.25) is 0 Å². The standard InChI is InChI=1S/2C10H7NO2.Ca/c2*12-10(13)9-6-5-7-3-1-2-4-8(7)11-9;/h2*1-6H,(H,12,13);/q;;+2/p-2. The molecule has 0 saturated carbocycles. The van der Waals surface area contributed by atoms with Crippen LogP contribution in [0.25, 0.3) is 21.8 Å². The largest absolute Gasteiger partial charge is 2.00 e. The predicted molar refractivity (Wildman–Crippen MR) is 97.9 cm³/mol. The molecule has 27 heavy (non-hydrogen) atoms. The third kappa shape index (κ3) is 5.23. The number of hydrogen-bond donors (Lipinski definition) is 0. The number of carbonyl (C=O) groups excluding carboxylic acids is 2. The third-order valence-electron chi connectivity index (χ3n) is 3.62. The van der Waals surface area contributed by atoms with Crippen molar-refractivity contribution in [2.75, 3.05) is 0 Å². The first-order valence-corrected chi connectivity index (χ1v) is 7.69. The van der Waals surface area contributed by atoms with E-state index in [0.717, 1.165) is 10.8 Å². The van der Waals surface area contributed by atoms with Gasteiger partial charge in [-0.1, -0.05) is 48.5 Å². The minimum Gasteiger partial charge on any atom is -0.543 e. The van der Waals surface area contributed by atoms with Gasteiger partial charge in [-0.25, -0.2) is 9.97 Å². The molecular weight excluding hydrogens is 372 g/mol. The van der Waals surface area contributed by atoms with Crippen LogP contribution in [0.15, 0.2) is 72.8 Å². The molecule has 0 amide bonds. The fourth-order valence-corrected chi connectivity index (χ4v) is 2.36. The molecule has 6 nitrogen and oxygen atoms in total. The third-order valence-corrected chi connectivity index (χ3v) is 3.62. The fourth-order valence-electron chi connectivity index (χ4n) is 2.36. The summed E-state index contributed by atoms with van der Waals surface area (Å²) in [5.41, 5.74) is 1.28. The first kappa shape index (κ1) is 20.8. The number of fused-ring (bicyclic) bond motifs is 2. The molecule has 7 heteroatoms. The second kappa shape index (κ2) is 9.41. The molecular formula is C20H12CaN2O4. The number of carbonyl (C=O) groups is 2. The number of pyridine rings is 2. The Kier molecular flexibility index (Phi) is 7.24. The van der Waals surface area contributed by atoms with Gasteiger partial charge in [-0.2, -0.15) is 0 Å². The summed E-state index contributed by atoms with van der Waals surface area (Å²) in [6.07, 6.45) is 0. The minimum atomic E-state index is -1.24. The minimum absolute atomic E-state index is 0. The summed E-state index contributed by atoms with van der Waals surface area (Å²) in [5.74, 6) is -2.49. The van der Waals surface area contributed by atoms with Crippen molar-refractivity contribution in [3.05, 3.63) is 84.2 Å². The monoisotopic (exact) mass is 384 g/mol. The number of rotatable bonds is 2. The van der Waals surface area contributed by atoms with Gasteiger partial charge in [0.25, 0.3) is 0 Å². The summed E-state index contributed by atoms with van der Waals surface area (Å²) in [6, 6.07) is 21.0. The number of hydrogen-bond acceptors (Lipinski definition) is 6. The topological polar surface area (TPSA) is 106 Å². The molecule has 2 aromatic heterocycles. The number of nitrogens with zero attached hydrogens (tertiary/aromatic N) is 2. The molecule has 0 N–H and O–H groups in total. The van der Waals surface area contributed by atoms with Crippen LogP contribution < -0.4 is 10.2 Å². The average Bonchev–Trinajstić information content (AvgIpc) is 2.67. The van der Waals surface area contributed by atoms with Gasteiger partial charge in [0.15, 0.2) is 0 Å². The van der Waals surface area contributed by atoms with Gasteiger partial charge in [0.05, 0.1) is 34.4 Å². The SMILES string of the molecule is O=C([O-])c1ccc2ccccc2n1.O=C([O-])c1ccc2ccccc2n1.[Ca+2]. The summed E-state index contributed by atoms with van der Waals surface area (Å²) < 4.78 is 0. The first-order chi connectivity index (χ1) is 12.5. The van der Waals surface area contributed by atoms with Crippen LogP contribution in [0.3, 0.4) is 0 Å². The van der Waals surface area contributed by atoms with E-state index in [1.807, 2.05) is 36.4 Å². The Balaban J connectivity index is 0.000000187. The van der Waals surface area contributed by atoms with Gasteiger partial charge >= 0.3 is 37.7 Å².